The van der Waals surface area contributed by atoms with Gasteiger partial charge in [-0.3, -0.25) is 0 Å². The second-order valence-corrected chi connectivity index (χ2v) is 9.05. The third-order valence-electron chi connectivity index (χ3n) is 5.17. The van der Waals surface area contributed by atoms with Gasteiger partial charge in [-0.05, 0) is 23.0 Å². The number of ether oxygens (including phenoxy) is 2. The van der Waals surface area contributed by atoms with E-state index in [0.29, 0.717) is 0 Å². The lowest BCUT2D eigenvalue weighted by Crippen LogP contribution is -2.60. The molecule has 0 fully saturated rings. The van der Waals surface area contributed by atoms with Gasteiger partial charge in [-0.15, -0.1) is 0 Å². The highest BCUT2D eigenvalue weighted by atomic mass is 16.6. The van der Waals surface area contributed by atoms with Gasteiger partial charge in [0.25, 0.3) is 0 Å². The van der Waals surface area contributed by atoms with Gasteiger partial charge >= 0.3 is 24.2 Å². The lowest BCUT2D eigenvalue weighted by atomic mass is 10.1. The zero-order valence-corrected chi connectivity index (χ0v) is 21.9. The van der Waals surface area contributed by atoms with E-state index in [1.165, 1.54) is 0 Å². The van der Waals surface area contributed by atoms with Crippen LogP contribution in [0.2, 0.25) is 0 Å². The Hall–Kier alpha value is -4.48. The van der Waals surface area contributed by atoms with Crippen molar-refractivity contribution in [3.8, 4) is 0 Å². The quantitative estimate of drug-likeness (QED) is 0.205. The molecule has 0 bridgehead atoms. The summed E-state index contributed by atoms with van der Waals surface area (Å²) in [5.41, 5.74) is 6.03. The molecule has 0 spiro atoms. The van der Waals surface area contributed by atoms with E-state index in [2.05, 4.69) is 32.1 Å². The highest BCUT2D eigenvalue weighted by Crippen LogP contribution is 2.04. The fraction of sp³-hybridized carbons (Fsp3) is 0.385. The van der Waals surface area contributed by atoms with Gasteiger partial charge < -0.3 is 30.7 Å². The molecular weight excluding hydrogens is 492 g/mol. The first-order valence-electron chi connectivity index (χ1n) is 12.2. The Morgan fingerprint density at radius 1 is 0.579 bits per heavy atom. The summed E-state index contributed by atoms with van der Waals surface area (Å²) in [5, 5.41) is 10.2. The first-order chi connectivity index (χ1) is 18.1. The second-order valence-electron chi connectivity index (χ2n) is 9.05. The van der Waals surface area contributed by atoms with Gasteiger partial charge in [0.1, 0.15) is 25.5 Å². The van der Waals surface area contributed by atoms with Crippen LogP contribution in [-0.2, 0) is 22.7 Å². The molecule has 2 aromatic carbocycles. The average molecular weight is 529 g/mol. The maximum absolute atomic E-state index is 12.3. The van der Waals surface area contributed by atoms with Gasteiger partial charge in [0.2, 0.25) is 0 Å². The third kappa shape index (κ3) is 11.5. The Labute approximate surface area is 222 Å². The van der Waals surface area contributed by atoms with Crippen molar-refractivity contribution in [1.82, 2.24) is 32.1 Å². The van der Waals surface area contributed by atoms with Gasteiger partial charge in [0, 0.05) is 0 Å². The van der Waals surface area contributed by atoms with Crippen LogP contribution < -0.4 is 32.1 Å². The maximum Gasteiger partial charge on any atom is 0.409 e. The molecule has 0 aliphatic carbocycles. The van der Waals surface area contributed by atoms with Crippen LogP contribution in [0.1, 0.15) is 38.8 Å². The van der Waals surface area contributed by atoms with Crippen LogP contribution in [0.15, 0.2) is 60.7 Å². The van der Waals surface area contributed by atoms with Crippen LogP contribution in [0.5, 0.6) is 0 Å². The minimum absolute atomic E-state index is 0.0796. The molecule has 206 valence electrons. The molecule has 38 heavy (non-hydrogen) atoms. The first kappa shape index (κ1) is 29.7. The number of alkyl carbamates (subject to hydrolysis) is 2. The van der Waals surface area contributed by atoms with Crippen molar-refractivity contribution in [2.24, 2.45) is 11.8 Å². The molecule has 6 amide bonds. The van der Waals surface area contributed by atoms with Crippen LogP contribution in [0.4, 0.5) is 19.2 Å². The first-order valence-corrected chi connectivity index (χ1v) is 12.2. The molecule has 2 atom stereocenters. The second kappa shape index (κ2) is 15.6. The van der Waals surface area contributed by atoms with E-state index in [1.54, 1.807) is 27.7 Å². The van der Waals surface area contributed by atoms with E-state index in [0.717, 1.165) is 11.1 Å². The summed E-state index contributed by atoms with van der Waals surface area (Å²) in [6.45, 7) is 7.32. The number of rotatable bonds is 10. The van der Waals surface area contributed by atoms with E-state index >= 15 is 0 Å². The van der Waals surface area contributed by atoms with Gasteiger partial charge in [0.05, 0.1) is 0 Å². The summed E-state index contributed by atoms with van der Waals surface area (Å²) in [5.74, 6) is -0.370. The minimum Gasteiger partial charge on any atom is -0.445 e. The summed E-state index contributed by atoms with van der Waals surface area (Å²) < 4.78 is 10.4. The molecule has 0 unspecified atom stereocenters. The summed E-state index contributed by atoms with van der Waals surface area (Å²) in [7, 11) is 0. The van der Waals surface area contributed by atoms with Crippen molar-refractivity contribution in [3.63, 3.8) is 0 Å². The van der Waals surface area contributed by atoms with Gasteiger partial charge in [-0.1, -0.05) is 88.4 Å². The Morgan fingerprint density at radius 3 is 1.24 bits per heavy atom. The summed E-state index contributed by atoms with van der Waals surface area (Å²) >= 11 is 0. The van der Waals surface area contributed by atoms with Crippen LogP contribution in [0.3, 0.4) is 0 Å². The number of amides is 6. The number of hydrazine groups is 1. The van der Waals surface area contributed by atoms with E-state index < -0.39 is 36.6 Å². The highest BCUT2D eigenvalue weighted by molar-refractivity contribution is 5.81. The van der Waals surface area contributed by atoms with Crippen molar-refractivity contribution < 1.29 is 28.7 Å². The van der Waals surface area contributed by atoms with Gasteiger partial charge in [-0.25, -0.2) is 30.0 Å². The van der Waals surface area contributed by atoms with Gasteiger partial charge in [-0.2, -0.15) is 0 Å². The molecular formula is C26H36N6O6. The molecule has 0 aliphatic heterocycles. The van der Waals surface area contributed by atoms with E-state index in [-0.39, 0.29) is 25.0 Å². The van der Waals surface area contributed by atoms with Crippen molar-refractivity contribution in [2.45, 2.75) is 53.2 Å². The van der Waals surface area contributed by atoms with E-state index in [4.69, 9.17) is 9.47 Å². The van der Waals surface area contributed by atoms with Crippen molar-refractivity contribution >= 4 is 24.2 Å². The number of hydrogen-bond acceptors (Lipinski definition) is 6. The number of carbonyl (C=O) groups is 4. The average Bonchev–Trinajstić information content (AvgIpc) is 2.90. The number of urea groups is 2. The van der Waals surface area contributed by atoms with Crippen LogP contribution in [0.25, 0.3) is 0 Å². The zero-order valence-electron chi connectivity index (χ0n) is 21.9. The highest BCUT2D eigenvalue weighted by Gasteiger charge is 2.21. The predicted octanol–water partition coefficient (Wildman–Crippen LogP) is 3.32. The van der Waals surface area contributed by atoms with E-state index in [1.807, 2.05) is 60.7 Å². The topological polar surface area (TPSA) is 159 Å². The molecule has 0 aliphatic rings. The fourth-order valence-corrected chi connectivity index (χ4v) is 2.99. The smallest absolute Gasteiger partial charge is 0.409 e. The Morgan fingerprint density at radius 2 is 0.921 bits per heavy atom. The van der Waals surface area contributed by atoms with Crippen molar-refractivity contribution in [1.29, 1.82) is 0 Å². The lowest BCUT2D eigenvalue weighted by molar-refractivity contribution is 0.128. The number of hydrogen-bond donors (Lipinski definition) is 6. The van der Waals surface area contributed by atoms with Crippen molar-refractivity contribution in [3.05, 3.63) is 71.8 Å². The maximum atomic E-state index is 12.3. The van der Waals surface area contributed by atoms with Gasteiger partial charge in [0.15, 0.2) is 0 Å². The summed E-state index contributed by atoms with van der Waals surface area (Å²) in [4.78, 5) is 48.9. The largest absolute Gasteiger partial charge is 0.445 e. The normalized spacial score (nSPS) is 12.1. The summed E-state index contributed by atoms with van der Waals surface area (Å²) in [6, 6.07) is 16.8. The molecule has 12 heteroatoms. The fourth-order valence-electron chi connectivity index (χ4n) is 2.99. The number of benzene rings is 2. The SMILES string of the molecule is CC(C)[C@@H](NC(=O)NNC(=O)N[C@@H](NC(=O)OCc1ccccc1)C(C)C)NC(=O)OCc1ccccc1. The molecule has 0 saturated heterocycles. The molecule has 0 radical (unpaired) electrons. The molecule has 12 nitrogen and oxygen atoms in total. The Bertz CT molecular complexity index is 952. The van der Waals surface area contributed by atoms with Crippen LogP contribution in [-0.4, -0.2) is 36.6 Å². The third-order valence-corrected chi connectivity index (χ3v) is 5.17. The van der Waals surface area contributed by atoms with Crippen LogP contribution in [0, 0.1) is 11.8 Å². The van der Waals surface area contributed by atoms with Crippen molar-refractivity contribution in [2.75, 3.05) is 0 Å². The molecule has 0 heterocycles. The molecule has 0 aromatic heterocycles. The van der Waals surface area contributed by atoms with Crippen LogP contribution >= 0.6 is 0 Å². The standard InChI is InChI=1S/C26H36N6O6/c1-17(2)21(29-25(35)37-15-19-11-7-5-8-12-19)27-23(33)31-32-24(34)28-22(18(3)4)30-26(36)38-16-20-13-9-6-10-14-20/h5-14,17-18,21-22H,15-16H2,1-4H3,(H,29,35)(H,30,36)(H2,27,31,33)(H2,28,32,34)/t21-,22-/m0/s1. The number of nitrogens with one attached hydrogen (secondary N) is 6. The molecule has 2 rings (SSSR count). The zero-order chi connectivity index (χ0) is 27.9. The minimum atomic E-state index is -0.771. The molecule has 6 N–H and O–H groups in total. The number of carbonyl (C=O) groups excluding carboxylic acids is 4. The monoisotopic (exact) mass is 528 g/mol. The molecule has 2 aromatic rings. The molecule has 0 saturated carbocycles. The summed E-state index contributed by atoms with van der Waals surface area (Å²) in [6.07, 6.45) is -2.95. The van der Waals surface area contributed by atoms with E-state index in [9.17, 15) is 19.2 Å². The Balaban J connectivity index is 1.75. The lowest BCUT2D eigenvalue weighted by Gasteiger charge is -2.25. The predicted molar refractivity (Wildman–Crippen MR) is 140 cm³/mol. The Kier molecular flexibility index (Phi) is 12.2.